The van der Waals surface area contributed by atoms with E-state index in [-0.39, 0.29) is 11.6 Å². The van der Waals surface area contributed by atoms with Crippen LogP contribution < -0.4 is 5.73 Å². The molecule has 0 aromatic rings. The molecule has 4 heteroatoms. The van der Waals surface area contributed by atoms with E-state index in [1.165, 1.54) is 19.4 Å². The Morgan fingerprint density at radius 2 is 2.11 bits per heavy atom. The predicted octanol–water partition coefficient (Wildman–Crippen LogP) is 1.06. The number of nitrogens with zero attached hydrogens (tertiary/aromatic N) is 2. The molecule has 2 N–H and O–H groups in total. The van der Waals surface area contributed by atoms with Gasteiger partial charge < -0.3 is 15.5 Å². The molecule has 2 aliphatic heterocycles. The minimum Gasteiger partial charge on any atom is -0.336 e. The van der Waals surface area contributed by atoms with Crippen molar-refractivity contribution in [3.05, 3.63) is 0 Å². The summed E-state index contributed by atoms with van der Waals surface area (Å²) in [4.78, 5) is 16.8. The van der Waals surface area contributed by atoms with Gasteiger partial charge in [-0.05, 0) is 52.6 Å². The quantitative estimate of drug-likeness (QED) is 0.800. The highest BCUT2D eigenvalue weighted by molar-refractivity contribution is 5.77. The summed E-state index contributed by atoms with van der Waals surface area (Å²) < 4.78 is 0. The summed E-state index contributed by atoms with van der Waals surface area (Å²) in [5, 5.41) is 0. The predicted molar refractivity (Wildman–Crippen MR) is 73.2 cm³/mol. The standard InChI is InChI=1S/C14H27N3O/c1-14(2)8-12(15)10-17(14)13(18)7-11-5-4-6-16(3)9-11/h11-12H,4-10,15H2,1-3H3. The van der Waals surface area contributed by atoms with Gasteiger partial charge in [-0.1, -0.05) is 0 Å². The van der Waals surface area contributed by atoms with Gasteiger partial charge >= 0.3 is 0 Å². The third-order valence-corrected chi connectivity index (χ3v) is 4.40. The second-order valence-electron chi connectivity index (χ2n) is 6.76. The number of likely N-dealkylation sites (tertiary alicyclic amines) is 2. The number of hydrogen-bond donors (Lipinski definition) is 1. The molecule has 0 aliphatic carbocycles. The number of carbonyl (C=O) groups excluding carboxylic acids is 1. The van der Waals surface area contributed by atoms with Crippen LogP contribution in [0.4, 0.5) is 0 Å². The van der Waals surface area contributed by atoms with Gasteiger partial charge in [0.15, 0.2) is 0 Å². The lowest BCUT2D eigenvalue weighted by Crippen LogP contribution is -2.44. The average molecular weight is 253 g/mol. The van der Waals surface area contributed by atoms with Crippen LogP contribution in [0.1, 0.15) is 39.5 Å². The largest absolute Gasteiger partial charge is 0.336 e. The topological polar surface area (TPSA) is 49.6 Å². The molecule has 2 atom stereocenters. The summed E-state index contributed by atoms with van der Waals surface area (Å²) in [5.41, 5.74) is 5.93. The molecule has 2 fully saturated rings. The summed E-state index contributed by atoms with van der Waals surface area (Å²) in [6.07, 6.45) is 4.03. The van der Waals surface area contributed by atoms with Gasteiger partial charge in [-0.3, -0.25) is 4.79 Å². The summed E-state index contributed by atoms with van der Waals surface area (Å²) in [5.74, 6) is 0.831. The Bertz CT molecular complexity index is 316. The van der Waals surface area contributed by atoms with Crippen molar-refractivity contribution in [1.82, 2.24) is 9.80 Å². The van der Waals surface area contributed by atoms with Crippen molar-refractivity contribution >= 4 is 5.91 Å². The molecule has 1 amide bonds. The lowest BCUT2D eigenvalue weighted by Gasteiger charge is -2.34. The lowest BCUT2D eigenvalue weighted by atomic mass is 9.93. The minimum absolute atomic E-state index is 0.0585. The van der Waals surface area contributed by atoms with Gasteiger partial charge in [0.25, 0.3) is 0 Å². The van der Waals surface area contributed by atoms with Gasteiger partial charge in [-0.25, -0.2) is 0 Å². The van der Waals surface area contributed by atoms with Gasteiger partial charge in [0.05, 0.1) is 0 Å². The monoisotopic (exact) mass is 253 g/mol. The van der Waals surface area contributed by atoms with Crippen molar-refractivity contribution in [2.24, 2.45) is 11.7 Å². The smallest absolute Gasteiger partial charge is 0.223 e. The third kappa shape index (κ3) is 3.04. The molecular weight excluding hydrogens is 226 g/mol. The zero-order chi connectivity index (χ0) is 13.3. The molecule has 2 saturated heterocycles. The molecule has 2 unspecified atom stereocenters. The Morgan fingerprint density at radius 3 is 2.67 bits per heavy atom. The number of amides is 1. The second kappa shape index (κ2) is 5.17. The van der Waals surface area contributed by atoms with Crippen molar-refractivity contribution < 1.29 is 4.79 Å². The number of hydrogen-bond acceptors (Lipinski definition) is 3. The van der Waals surface area contributed by atoms with Crippen molar-refractivity contribution in [2.45, 2.75) is 51.1 Å². The Kier molecular flexibility index (Phi) is 3.97. The lowest BCUT2D eigenvalue weighted by molar-refractivity contribution is -0.135. The molecule has 2 heterocycles. The fourth-order valence-electron chi connectivity index (χ4n) is 3.53. The molecule has 2 aliphatic rings. The molecule has 0 radical (unpaired) electrons. The summed E-state index contributed by atoms with van der Waals surface area (Å²) in [7, 11) is 2.15. The first-order valence-corrected chi connectivity index (χ1v) is 7.13. The first-order chi connectivity index (χ1) is 8.38. The highest BCUT2D eigenvalue weighted by Crippen LogP contribution is 2.30. The van der Waals surface area contributed by atoms with E-state index in [0.717, 1.165) is 19.5 Å². The molecule has 4 nitrogen and oxygen atoms in total. The Labute approximate surface area is 110 Å². The highest BCUT2D eigenvalue weighted by atomic mass is 16.2. The van der Waals surface area contributed by atoms with E-state index in [1.807, 2.05) is 4.90 Å². The summed E-state index contributed by atoms with van der Waals surface area (Å²) >= 11 is 0. The van der Waals surface area contributed by atoms with Gasteiger partial charge in [-0.2, -0.15) is 0 Å². The molecule has 0 aromatic heterocycles. The summed E-state index contributed by atoms with van der Waals surface area (Å²) in [6, 6.07) is 0.151. The van der Waals surface area contributed by atoms with Crippen LogP contribution in [0.25, 0.3) is 0 Å². The van der Waals surface area contributed by atoms with Crippen LogP contribution in [0.15, 0.2) is 0 Å². The molecule has 2 rings (SSSR count). The number of carbonyl (C=O) groups is 1. The van der Waals surface area contributed by atoms with Crippen LogP contribution in [-0.4, -0.2) is 54.0 Å². The third-order valence-electron chi connectivity index (χ3n) is 4.40. The van der Waals surface area contributed by atoms with E-state index in [2.05, 4.69) is 25.8 Å². The maximum absolute atomic E-state index is 12.4. The van der Waals surface area contributed by atoms with Crippen LogP contribution in [0.5, 0.6) is 0 Å². The van der Waals surface area contributed by atoms with Gasteiger partial charge in [-0.15, -0.1) is 0 Å². The zero-order valence-corrected chi connectivity index (χ0v) is 12.0. The van der Waals surface area contributed by atoms with Gasteiger partial charge in [0, 0.05) is 31.1 Å². The fraction of sp³-hybridized carbons (Fsp3) is 0.929. The normalized spacial score (nSPS) is 32.8. The molecule has 0 saturated carbocycles. The highest BCUT2D eigenvalue weighted by Gasteiger charge is 2.40. The first-order valence-electron chi connectivity index (χ1n) is 7.13. The molecular formula is C14H27N3O. The van der Waals surface area contributed by atoms with E-state index in [4.69, 9.17) is 5.73 Å². The maximum Gasteiger partial charge on any atom is 0.223 e. The number of rotatable bonds is 2. The first kappa shape index (κ1) is 13.8. The van der Waals surface area contributed by atoms with Crippen LogP contribution in [0.3, 0.4) is 0 Å². The van der Waals surface area contributed by atoms with Crippen molar-refractivity contribution in [3.8, 4) is 0 Å². The fourth-order valence-corrected chi connectivity index (χ4v) is 3.53. The van der Waals surface area contributed by atoms with E-state index < -0.39 is 0 Å². The minimum atomic E-state index is -0.0585. The van der Waals surface area contributed by atoms with E-state index in [0.29, 0.717) is 18.2 Å². The number of piperidine rings is 1. The van der Waals surface area contributed by atoms with E-state index in [9.17, 15) is 4.79 Å². The SMILES string of the molecule is CN1CCCC(CC(=O)N2CC(N)CC2(C)C)C1. The van der Waals surface area contributed by atoms with Crippen molar-refractivity contribution in [3.63, 3.8) is 0 Å². The van der Waals surface area contributed by atoms with E-state index >= 15 is 0 Å². The van der Waals surface area contributed by atoms with Crippen LogP contribution in [-0.2, 0) is 4.79 Å². The maximum atomic E-state index is 12.4. The Morgan fingerprint density at radius 1 is 1.39 bits per heavy atom. The van der Waals surface area contributed by atoms with Crippen molar-refractivity contribution in [2.75, 3.05) is 26.7 Å². The van der Waals surface area contributed by atoms with Crippen molar-refractivity contribution in [1.29, 1.82) is 0 Å². The molecule has 0 aromatic carbocycles. The Hall–Kier alpha value is -0.610. The number of nitrogens with two attached hydrogens (primary N) is 1. The van der Waals surface area contributed by atoms with Gasteiger partial charge in [0.1, 0.15) is 0 Å². The Balaban J connectivity index is 1.91. The zero-order valence-electron chi connectivity index (χ0n) is 12.0. The van der Waals surface area contributed by atoms with Crippen LogP contribution in [0.2, 0.25) is 0 Å². The molecule has 104 valence electrons. The van der Waals surface area contributed by atoms with Crippen LogP contribution in [0, 0.1) is 5.92 Å². The molecule has 18 heavy (non-hydrogen) atoms. The van der Waals surface area contributed by atoms with Crippen LogP contribution >= 0.6 is 0 Å². The van der Waals surface area contributed by atoms with Gasteiger partial charge in [0.2, 0.25) is 5.91 Å². The average Bonchev–Trinajstić information content (AvgIpc) is 2.51. The molecule has 0 bridgehead atoms. The summed E-state index contributed by atoms with van der Waals surface area (Å²) in [6.45, 7) is 7.22. The second-order valence-corrected chi connectivity index (χ2v) is 6.76. The van der Waals surface area contributed by atoms with E-state index in [1.54, 1.807) is 0 Å². The molecule has 0 spiro atoms.